The van der Waals surface area contributed by atoms with Crippen LogP contribution in [0.5, 0.6) is 0 Å². The number of aliphatic hydroxyl groups excluding tert-OH is 5. The molecule has 0 radical (unpaired) electrons. The highest BCUT2D eigenvalue weighted by Crippen LogP contribution is 1.99. The summed E-state index contributed by atoms with van der Waals surface area (Å²) >= 11 is 0. The molecule has 11 heteroatoms. The molecule has 0 fully saturated rings. The number of carboxylic acid groups (broad SMARTS) is 1. The highest BCUT2D eigenvalue weighted by molar-refractivity contribution is 5.84. The predicted octanol–water partition coefficient (Wildman–Crippen LogP) is -2.82. The number of rotatable bonds is 10. The molecule has 0 spiro atoms. The minimum atomic E-state index is -1.77. The highest BCUT2D eigenvalue weighted by atomic mass is 16.6. The minimum absolute atomic E-state index is 0.176. The van der Waals surface area contributed by atoms with Crippen molar-refractivity contribution >= 4 is 17.9 Å². The van der Waals surface area contributed by atoms with E-state index < -0.39 is 69.1 Å². The Balaban J connectivity index is 0. The molecule has 0 heterocycles. The summed E-state index contributed by atoms with van der Waals surface area (Å²) in [5.74, 6) is -3.04. The molecule has 0 aliphatic carbocycles. The van der Waals surface area contributed by atoms with Crippen molar-refractivity contribution in [2.45, 2.75) is 31.7 Å². The lowest BCUT2D eigenvalue weighted by Gasteiger charge is -2.13. The van der Waals surface area contributed by atoms with E-state index in [0.717, 1.165) is 0 Å². The van der Waals surface area contributed by atoms with Gasteiger partial charge >= 0.3 is 17.9 Å². The molecular weight excluding hydrogens is 344 g/mol. The van der Waals surface area contributed by atoms with Gasteiger partial charge in [-0.25, -0.2) is 9.59 Å². The first-order chi connectivity index (χ1) is 11.5. The van der Waals surface area contributed by atoms with Gasteiger partial charge in [-0.1, -0.05) is 6.58 Å². The van der Waals surface area contributed by atoms with Gasteiger partial charge in [0, 0.05) is 5.57 Å². The molecule has 0 aromatic rings. The summed E-state index contributed by atoms with van der Waals surface area (Å²) in [6.07, 6.45) is -4.95. The normalized spacial score (nSPS) is 13.5. The molecule has 11 nitrogen and oxygen atoms in total. The van der Waals surface area contributed by atoms with Crippen LogP contribution < -0.4 is 0 Å². The molecule has 0 saturated heterocycles. The first-order valence-electron chi connectivity index (χ1n) is 7.02. The first kappa shape index (κ1) is 25.2. The largest absolute Gasteiger partial charge is 0.478 e. The van der Waals surface area contributed by atoms with Gasteiger partial charge in [-0.2, -0.15) is 0 Å². The number of aliphatic carboxylic acids is 1. The fraction of sp³-hybridized carbons (Fsp3) is 0.643. The van der Waals surface area contributed by atoms with Crippen molar-refractivity contribution in [3.05, 3.63) is 12.2 Å². The number of carbonyl (C=O) groups excluding carboxylic acids is 2. The number of aliphatic hydroxyl groups is 5. The van der Waals surface area contributed by atoms with Crippen molar-refractivity contribution in [2.24, 2.45) is 0 Å². The lowest BCUT2D eigenvalue weighted by Crippen LogP contribution is -2.31. The number of ether oxygens (including phenoxy) is 2. The molecule has 0 saturated carbocycles. The van der Waals surface area contributed by atoms with Gasteiger partial charge in [0.25, 0.3) is 0 Å². The van der Waals surface area contributed by atoms with E-state index in [4.69, 9.17) is 25.5 Å². The first-order valence-corrected chi connectivity index (χ1v) is 7.02. The van der Waals surface area contributed by atoms with Crippen LogP contribution in [-0.2, 0) is 23.9 Å². The van der Waals surface area contributed by atoms with Crippen molar-refractivity contribution < 1.29 is 54.5 Å². The fourth-order valence-corrected chi connectivity index (χ4v) is 0.869. The lowest BCUT2D eigenvalue weighted by atomic mass is 10.2. The van der Waals surface area contributed by atoms with Gasteiger partial charge in [0.1, 0.15) is 25.4 Å². The summed E-state index contributed by atoms with van der Waals surface area (Å²) in [6.45, 7) is 2.44. The predicted molar refractivity (Wildman–Crippen MR) is 81.2 cm³/mol. The molecule has 0 rings (SSSR count). The molecule has 0 amide bonds. The third-order valence-corrected chi connectivity index (χ3v) is 2.27. The van der Waals surface area contributed by atoms with E-state index >= 15 is 0 Å². The van der Waals surface area contributed by atoms with Crippen molar-refractivity contribution in [2.75, 3.05) is 26.4 Å². The Morgan fingerprint density at radius 3 is 1.72 bits per heavy atom. The number of carboxylic acids is 1. The summed E-state index contributed by atoms with van der Waals surface area (Å²) < 4.78 is 8.86. The Morgan fingerprint density at radius 1 is 0.960 bits per heavy atom. The maximum Gasteiger partial charge on any atom is 0.335 e. The molecule has 6 N–H and O–H groups in total. The third-order valence-electron chi connectivity index (χ3n) is 2.27. The Bertz CT molecular complexity index is 422. The van der Waals surface area contributed by atoms with Crippen LogP contribution in [0.15, 0.2) is 12.2 Å². The van der Waals surface area contributed by atoms with Crippen LogP contribution in [0.2, 0.25) is 0 Å². The van der Waals surface area contributed by atoms with Gasteiger partial charge in [-0.05, 0) is 6.92 Å². The molecule has 146 valence electrons. The number of esters is 2. The minimum Gasteiger partial charge on any atom is -0.478 e. The highest BCUT2D eigenvalue weighted by Gasteiger charge is 2.22. The Labute approximate surface area is 143 Å². The number of hydrogen-bond donors (Lipinski definition) is 6. The third kappa shape index (κ3) is 15.2. The topological polar surface area (TPSA) is 191 Å². The summed E-state index contributed by atoms with van der Waals surface area (Å²) in [5, 5.41) is 51.8. The zero-order chi connectivity index (χ0) is 20.0. The van der Waals surface area contributed by atoms with E-state index in [0.29, 0.717) is 0 Å². The van der Waals surface area contributed by atoms with Crippen LogP contribution in [0.25, 0.3) is 0 Å². The van der Waals surface area contributed by atoms with E-state index in [2.05, 4.69) is 16.1 Å². The van der Waals surface area contributed by atoms with Gasteiger partial charge in [0.2, 0.25) is 0 Å². The summed E-state index contributed by atoms with van der Waals surface area (Å²) in [5.41, 5.74) is 0.176. The molecular formula is C14H24O11. The Kier molecular flexibility index (Phi) is 14.4. The van der Waals surface area contributed by atoms with Crippen LogP contribution in [0, 0.1) is 0 Å². The molecule has 0 bridgehead atoms. The van der Waals surface area contributed by atoms with Gasteiger partial charge in [0.15, 0.2) is 6.10 Å². The zero-order valence-corrected chi connectivity index (χ0v) is 13.7. The second-order valence-electron chi connectivity index (χ2n) is 4.79. The van der Waals surface area contributed by atoms with Crippen molar-refractivity contribution in [3.8, 4) is 0 Å². The number of carbonyl (C=O) groups is 3. The molecule has 0 aromatic heterocycles. The SMILES string of the molecule is C=C(C)C(=O)O.O=C(CC(O)C(=O)OCC(O)CO)OCC(O)CO. The Morgan fingerprint density at radius 2 is 1.36 bits per heavy atom. The van der Waals surface area contributed by atoms with Crippen LogP contribution in [0.3, 0.4) is 0 Å². The van der Waals surface area contributed by atoms with E-state index in [1.807, 2.05) is 0 Å². The van der Waals surface area contributed by atoms with E-state index in [1.54, 1.807) is 0 Å². The number of hydrogen-bond acceptors (Lipinski definition) is 10. The van der Waals surface area contributed by atoms with Crippen LogP contribution >= 0.6 is 0 Å². The molecule has 25 heavy (non-hydrogen) atoms. The van der Waals surface area contributed by atoms with Crippen molar-refractivity contribution in [1.82, 2.24) is 0 Å². The molecule has 3 unspecified atom stereocenters. The smallest absolute Gasteiger partial charge is 0.335 e. The maximum atomic E-state index is 11.1. The zero-order valence-electron chi connectivity index (χ0n) is 13.7. The van der Waals surface area contributed by atoms with Crippen LogP contribution in [-0.4, -0.2) is 93.3 Å². The van der Waals surface area contributed by atoms with E-state index in [-0.39, 0.29) is 5.57 Å². The Hall–Kier alpha value is -2.05. The lowest BCUT2D eigenvalue weighted by molar-refractivity contribution is -0.163. The molecule has 0 aliphatic rings. The van der Waals surface area contributed by atoms with Gasteiger partial charge < -0.3 is 40.1 Å². The summed E-state index contributed by atoms with van der Waals surface area (Å²) in [4.78, 5) is 31.8. The average Bonchev–Trinajstić information content (AvgIpc) is 2.57. The average molecular weight is 368 g/mol. The fourth-order valence-electron chi connectivity index (χ4n) is 0.869. The standard InChI is InChI=1S/C10H18O9.C4H6O2/c11-2-6(13)4-18-9(16)1-8(15)10(17)19-5-7(14)3-12;1-3(2)4(5)6/h6-8,11-15H,1-5H2;1H2,2H3,(H,5,6). The van der Waals surface area contributed by atoms with Crippen LogP contribution in [0.1, 0.15) is 13.3 Å². The van der Waals surface area contributed by atoms with Gasteiger partial charge in [-0.3, -0.25) is 4.79 Å². The summed E-state index contributed by atoms with van der Waals surface area (Å²) in [7, 11) is 0. The second kappa shape index (κ2) is 14.3. The van der Waals surface area contributed by atoms with Crippen molar-refractivity contribution in [1.29, 1.82) is 0 Å². The van der Waals surface area contributed by atoms with E-state index in [9.17, 15) is 19.5 Å². The summed E-state index contributed by atoms with van der Waals surface area (Å²) in [6, 6.07) is 0. The van der Waals surface area contributed by atoms with Gasteiger partial charge in [0.05, 0.1) is 19.6 Å². The quantitative estimate of drug-likeness (QED) is 0.172. The maximum absolute atomic E-state index is 11.1. The molecule has 0 aliphatic heterocycles. The van der Waals surface area contributed by atoms with Crippen LogP contribution in [0.4, 0.5) is 0 Å². The molecule has 3 atom stereocenters. The van der Waals surface area contributed by atoms with E-state index in [1.165, 1.54) is 6.92 Å². The van der Waals surface area contributed by atoms with Gasteiger partial charge in [-0.15, -0.1) is 0 Å². The second-order valence-corrected chi connectivity index (χ2v) is 4.79. The molecule has 0 aromatic carbocycles. The van der Waals surface area contributed by atoms with Crippen molar-refractivity contribution in [3.63, 3.8) is 0 Å². The monoisotopic (exact) mass is 368 g/mol.